The summed E-state index contributed by atoms with van der Waals surface area (Å²) in [5.41, 5.74) is -0.729. The van der Waals surface area contributed by atoms with Crippen LogP contribution in [0.3, 0.4) is 0 Å². The van der Waals surface area contributed by atoms with E-state index in [1.54, 1.807) is 0 Å². The van der Waals surface area contributed by atoms with E-state index in [1.165, 1.54) is 109 Å². The first-order valence-corrected chi connectivity index (χ1v) is 37.4. The summed E-state index contributed by atoms with van der Waals surface area (Å²) in [4.78, 5) is 65.0. The van der Waals surface area contributed by atoms with Crippen molar-refractivity contribution in [1.82, 2.24) is 0 Å². The van der Waals surface area contributed by atoms with Crippen molar-refractivity contribution in [1.29, 1.82) is 0 Å². The first-order chi connectivity index (χ1) is 41.7. The molecule has 20 unspecified atom stereocenters. The lowest BCUT2D eigenvalue weighted by Crippen LogP contribution is -2.60. The van der Waals surface area contributed by atoms with Crippen LogP contribution in [0.15, 0.2) is 0 Å². The predicted octanol–water partition coefficient (Wildman–Crippen LogP) is 20.0. The smallest absolute Gasteiger partial charge is 0.311 e. The third-order valence-electron chi connectivity index (χ3n) is 31.5. The largest absolute Gasteiger partial charge is 0.462 e. The van der Waals surface area contributed by atoms with Gasteiger partial charge in [0, 0.05) is 0 Å². The van der Waals surface area contributed by atoms with Gasteiger partial charge in [-0.2, -0.15) is 0 Å². The highest BCUT2D eigenvalue weighted by molar-refractivity contribution is 5.77. The van der Waals surface area contributed by atoms with Crippen LogP contribution in [0.2, 0.25) is 0 Å². The third kappa shape index (κ3) is 12.4. The molecular formula is C83H142O11. The molecular weight excluding hydrogens is 1170 g/mol. The van der Waals surface area contributed by atoms with Gasteiger partial charge in [0.1, 0.15) is 23.4 Å². The van der Waals surface area contributed by atoms with Crippen LogP contribution in [0.1, 0.15) is 295 Å². The molecule has 11 heteroatoms. The van der Waals surface area contributed by atoms with Crippen LogP contribution >= 0.6 is 0 Å². The summed E-state index contributed by atoms with van der Waals surface area (Å²) in [5, 5.41) is 0. The standard InChI is InChI=1S/C31H46O4.C30H44O4.C16H28O3.6CH4/c1-5-30(3,4)29(33)34-25-15-19-14-24(25)27-22-12-18(26(19)27)13-23(22)28(32)35-31(6-2)20-8-16-7-17(10-20)11-21(31)9-16;1-5-29(2,3)28(32)33-24-14-18-13-23(24)26-21-11-17(25(18)26)12-22(21)27(31)34-30(4)19-7-15-6-16(9-19)10-20(30)8-15;1-6-11(2)13(17)18-10-19-14-15(3,4)12-7-8-16(14,5)9-12;;;;;;/h16-27H,5-15H2,1-4H3;15-26H,5-14H2,1-4H3;11-12,14H,6-10H2,1-5H3;6*1H4. The Balaban J connectivity index is 0.000000183. The lowest BCUT2D eigenvalue weighted by Gasteiger charge is -2.60. The maximum atomic E-state index is 13.9. The highest BCUT2D eigenvalue weighted by Crippen LogP contribution is 2.72. The topological polar surface area (TPSA) is 141 Å². The number of fused-ring (bicyclic) bond motifs is 20. The van der Waals surface area contributed by atoms with Crippen LogP contribution in [-0.4, -0.2) is 66.2 Å². The molecule has 0 aliphatic heterocycles. The van der Waals surface area contributed by atoms with Crippen molar-refractivity contribution in [3.8, 4) is 0 Å². The molecule has 18 aliphatic rings. The molecule has 540 valence electrons. The van der Waals surface area contributed by atoms with Crippen molar-refractivity contribution < 1.29 is 52.4 Å². The van der Waals surface area contributed by atoms with Gasteiger partial charge in [0.05, 0.1) is 34.7 Å². The van der Waals surface area contributed by atoms with Gasteiger partial charge in [-0.15, -0.1) is 0 Å². The van der Waals surface area contributed by atoms with Gasteiger partial charge in [-0.1, -0.05) is 99.9 Å². The Morgan fingerprint density at radius 1 is 0.479 bits per heavy atom. The fourth-order valence-corrected chi connectivity index (χ4v) is 26.6. The zero-order valence-corrected chi connectivity index (χ0v) is 57.0. The molecule has 18 fully saturated rings. The number of hydrogen-bond acceptors (Lipinski definition) is 11. The zero-order chi connectivity index (χ0) is 62.1. The van der Waals surface area contributed by atoms with Gasteiger partial charge in [0.25, 0.3) is 0 Å². The Morgan fingerprint density at radius 3 is 1.28 bits per heavy atom. The first-order valence-electron chi connectivity index (χ1n) is 37.4. The Labute approximate surface area is 574 Å². The first kappa shape index (κ1) is 77.1. The Hall–Kier alpha value is -2.69. The Morgan fingerprint density at radius 2 is 0.883 bits per heavy atom. The molecule has 18 bridgehead atoms. The molecule has 0 radical (unpaired) electrons. The summed E-state index contributed by atoms with van der Waals surface area (Å²) in [7, 11) is 0. The quantitative estimate of drug-likeness (QED) is 0.0631. The highest BCUT2D eigenvalue weighted by Gasteiger charge is 2.70. The lowest BCUT2D eigenvalue weighted by molar-refractivity contribution is -0.217. The van der Waals surface area contributed by atoms with Gasteiger partial charge in [-0.3, -0.25) is 24.0 Å². The van der Waals surface area contributed by atoms with E-state index in [2.05, 4.69) is 48.5 Å². The van der Waals surface area contributed by atoms with E-state index in [4.69, 9.17) is 28.4 Å². The molecule has 0 amide bonds. The van der Waals surface area contributed by atoms with Crippen LogP contribution in [0.25, 0.3) is 0 Å². The van der Waals surface area contributed by atoms with Crippen LogP contribution in [0.5, 0.6) is 0 Å². The van der Waals surface area contributed by atoms with Crippen LogP contribution < -0.4 is 0 Å². The summed E-state index contributed by atoms with van der Waals surface area (Å²) in [6.45, 7) is 27.6. The Kier molecular flexibility index (Phi) is 22.7. The summed E-state index contributed by atoms with van der Waals surface area (Å²) < 4.78 is 36.9. The van der Waals surface area contributed by atoms with Crippen molar-refractivity contribution in [3.63, 3.8) is 0 Å². The summed E-state index contributed by atoms with van der Waals surface area (Å²) >= 11 is 0. The molecule has 0 saturated heterocycles. The highest BCUT2D eigenvalue weighted by atomic mass is 16.7. The summed E-state index contributed by atoms with van der Waals surface area (Å²) in [6.07, 6.45) is 29.8. The molecule has 20 atom stereocenters. The zero-order valence-electron chi connectivity index (χ0n) is 57.0. The van der Waals surface area contributed by atoms with Gasteiger partial charge in [-0.05, 0) is 330 Å². The van der Waals surface area contributed by atoms with Gasteiger partial charge < -0.3 is 28.4 Å². The number of carbonyl (C=O) groups excluding carboxylic acids is 5. The van der Waals surface area contributed by atoms with E-state index in [-0.39, 0.29) is 139 Å². The minimum atomic E-state index is -0.407. The maximum absolute atomic E-state index is 13.9. The SMILES string of the molecule is C.C.C.C.C.C.CCC(C)(C)C(=O)OC1CC2CC1C1C3CC(CC3C(=O)OC3(C)C4CC5CC(C4)CC3C5)C21.CCC(C)(C)C(=O)OC1CC2CC1C1C3CC(CC3C(=O)OC3(CC)C4CC5CC(C4)CC3C5)C21.CCC(C)C(=O)OCOC1C2(C)CCC(C2)C1(C)C. The minimum Gasteiger partial charge on any atom is -0.462 e. The second-order valence-corrected chi connectivity index (χ2v) is 36.8. The van der Waals surface area contributed by atoms with Crippen LogP contribution in [-0.2, 0) is 52.4 Å². The average Bonchev–Trinajstić information content (AvgIpc) is 1.50. The second kappa shape index (κ2) is 27.7. The number of carbonyl (C=O) groups is 5. The predicted molar refractivity (Wildman–Crippen MR) is 376 cm³/mol. The monoisotopic (exact) mass is 1320 g/mol. The molecule has 18 saturated carbocycles. The molecule has 18 aliphatic carbocycles. The second-order valence-electron chi connectivity index (χ2n) is 36.8. The molecule has 0 spiro atoms. The molecule has 0 aromatic rings. The van der Waals surface area contributed by atoms with Gasteiger partial charge in [0.2, 0.25) is 0 Å². The summed E-state index contributed by atoms with van der Waals surface area (Å²) in [5.74, 6) is 14.2. The van der Waals surface area contributed by atoms with Gasteiger partial charge in [-0.25, -0.2) is 0 Å². The lowest BCUT2D eigenvalue weighted by atomic mass is 9.49. The van der Waals surface area contributed by atoms with Crippen molar-refractivity contribution in [2.45, 2.75) is 325 Å². The molecule has 0 N–H and O–H groups in total. The van der Waals surface area contributed by atoms with E-state index in [1.807, 2.05) is 41.5 Å². The van der Waals surface area contributed by atoms with E-state index in [0.717, 1.165) is 92.8 Å². The maximum Gasteiger partial charge on any atom is 0.311 e. The van der Waals surface area contributed by atoms with Crippen molar-refractivity contribution in [2.24, 2.45) is 164 Å². The fraction of sp³-hybridized carbons (Fsp3) is 0.940. The number of esters is 5. The normalized spacial score (nSPS) is 46.6. The minimum absolute atomic E-state index is 0. The molecule has 0 aromatic carbocycles. The number of hydrogen-bond donors (Lipinski definition) is 0. The van der Waals surface area contributed by atoms with E-state index >= 15 is 0 Å². The molecule has 94 heavy (non-hydrogen) atoms. The number of rotatable bonds is 16. The Bertz CT molecular complexity index is 2630. The van der Waals surface area contributed by atoms with Crippen molar-refractivity contribution in [3.05, 3.63) is 0 Å². The van der Waals surface area contributed by atoms with Gasteiger partial charge >= 0.3 is 29.8 Å². The van der Waals surface area contributed by atoms with Crippen molar-refractivity contribution in [2.75, 3.05) is 6.79 Å². The average molecular weight is 1320 g/mol. The number of ether oxygens (including phenoxy) is 6. The van der Waals surface area contributed by atoms with E-state index in [9.17, 15) is 24.0 Å². The fourth-order valence-electron chi connectivity index (χ4n) is 26.6. The van der Waals surface area contributed by atoms with E-state index < -0.39 is 10.8 Å². The summed E-state index contributed by atoms with van der Waals surface area (Å²) in [6, 6.07) is 0. The molecule has 0 aromatic heterocycles. The van der Waals surface area contributed by atoms with Gasteiger partial charge in [0.15, 0.2) is 6.79 Å². The molecule has 11 nitrogen and oxygen atoms in total. The molecule has 0 heterocycles. The van der Waals surface area contributed by atoms with Crippen LogP contribution in [0.4, 0.5) is 0 Å². The van der Waals surface area contributed by atoms with Crippen molar-refractivity contribution >= 4 is 29.8 Å². The van der Waals surface area contributed by atoms with Crippen LogP contribution in [0, 0.1) is 164 Å². The van der Waals surface area contributed by atoms with E-state index in [0.29, 0.717) is 82.9 Å². The third-order valence-corrected chi connectivity index (χ3v) is 31.5. The molecule has 18 rings (SSSR count).